The molecule has 2 fully saturated rings. The van der Waals surface area contributed by atoms with E-state index in [9.17, 15) is 4.39 Å². The highest BCUT2D eigenvalue weighted by molar-refractivity contribution is 5.26. The fourth-order valence-corrected chi connectivity index (χ4v) is 2.54. The molecule has 2 aliphatic rings. The zero-order chi connectivity index (χ0) is 13.8. The van der Waals surface area contributed by atoms with Crippen LogP contribution in [0.1, 0.15) is 31.2 Å². The molecule has 1 N–H and O–H groups in total. The van der Waals surface area contributed by atoms with Gasteiger partial charge in [-0.1, -0.05) is 0 Å². The molecule has 0 atom stereocenters. The Morgan fingerprint density at radius 1 is 1.35 bits per heavy atom. The van der Waals surface area contributed by atoms with E-state index in [0.29, 0.717) is 25.1 Å². The third-order valence-corrected chi connectivity index (χ3v) is 3.90. The van der Waals surface area contributed by atoms with Crippen molar-refractivity contribution >= 4 is 0 Å². The summed E-state index contributed by atoms with van der Waals surface area (Å²) in [5.74, 6) is 0.267. The fraction of sp³-hybridized carbons (Fsp3) is 0.667. The molecule has 110 valence electrons. The molecule has 0 radical (unpaired) electrons. The SMILES string of the molecule is Fc1cnc(OCCN2CCCC2)c(CNC2CC2)c1. The lowest BCUT2D eigenvalue weighted by atomic mass is 10.2. The third kappa shape index (κ3) is 3.90. The number of halogens is 1. The summed E-state index contributed by atoms with van der Waals surface area (Å²) < 4.78 is 19.0. The highest BCUT2D eigenvalue weighted by Crippen LogP contribution is 2.22. The Balaban J connectivity index is 1.52. The molecule has 5 heteroatoms. The monoisotopic (exact) mass is 279 g/mol. The molecule has 1 aliphatic carbocycles. The molecule has 1 saturated carbocycles. The largest absolute Gasteiger partial charge is 0.476 e. The molecular formula is C15H22FN3O. The van der Waals surface area contributed by atoms with Crippen LogP contribution in [0.5, 0.6) is 5.88 Å². The van der Waals surface area contributed by atoms with E-state index in [0.717, 1.165) is 25.2 Å². The molecule has 2 heterocycles. The lowest BCUT2D eigenvalue weighted by Gasteiger charge is -2.16. The Morgan fingerprint density at radius 2 is 2.15 bits per heavy atom. The van der Waals surface area contributed by atoms with Gasteiger partial charge in [0.05, 0.1) is 6.20 Å². The highest BCUT2D eigenvalue weighted by Gasteiger charge is 2.21. The van der Waals surface area contributed by atoms with Crippen LogP contribution in [0.15, 0.2) is 12.3 Å². The van der Waals surface area contributed by atoms with Crippen LogP contribution in [-0.4, -0.2) is 42.2 Å². The lowest BCUT2D eigenvalue weighted by Crippen LogP contribution is -2.25. The minimum atomic E-state index is -0.301. The summed E-state index contributed by atoms with van der Waals surface area (Å²) in [6.45, 7) is 4.50. The molecule has 0 amide bonds. The van der Waals surface area contributed by atoms with Crippen molar-refractivity contribution in [3.63, 3.8) is 0 Å². The first-order valence-corrected chi connectivity index (χ1v) is 7.54. The molecular weight excluding hydrogens is 257 g/mol. The molecule has 1 aromatic heterocycles. The van der Waals surface area contributed by atoms with Gasteiger partial charge in [0.1, 0.15) is 12.4 Å². The maximum Gasteiger partial charge on any atom is 0.218 e. The zero-order valence-corrected chi connectivity index (χ0v) is 11.8. The average molecular weight is 279 g/mol. The second kappa shape index (κ2) is 6.50. The van der Waals surface area contributed by atoms with Gasteiger partial charge in [-0.2, -0.15) is 0 Å². The third-order valence-electron chi connectivity index (χ3n) is 3.90. The first-order valence-electron chi connectivity index (χ1n) is 7.54. The number of rotatable bonds is 7. The van der Waals surface area contributed by atoms with Crippen LogP contribution in [0, 0.1) is 5.82 Å². The van der Waals surface area contributed by atoms with E-state index in [1.54, 1.807) is 0 Å². The van der Waals surface area contributed by atoms with E-state index in [1.807, 2.05) is 0 Å². The van der Waals surface area contributed by atoms with Gasteiger partial charge in [-0.25, -0.2) is 9.37 Å². The van der Waals surface area contributed by atoms with Crippen molar-refractivity contribution in [3.05, 3.63) is 23.6 Å². The lowest BCUT2D eigenvalue weighted by molar-refractivity contribution is 0.229. The molecule has 0 unspecified atom stereocenters. The Kier molecular flexibility index (Phi) is 4.47. The van der Waals surface area contributed by atoms with Gasteiger partial charge < -0.3 is 10.1 Å². The van der Waals surface area contributed by atoms with Gasteiger partial charge >= 0.3 is 0 Å². The van der Waals surface area contributed by atoms with E-state index in [4.69, 9.17) is 4.74 Å². The number of aromatic nitrogens is 1. The minimum Gasteiger partial charge on any atom is -0.476 e. The van der Waals surface area contributed by atoms with Gasteiger partial charge in [-0.15, -0.1) is 0 Å². The summed E-state index contributed by atoms with van der Waals surface area (Å²) in [7, 11) is 0. The predicted molar refractivity (Wildman–Crippen MR) is 75.2 cm³/mol. The second-order valence-electron chi connectivity index (χ2n) is 5.67. The van der Waals surface area contributed by atoms with Crippen molar-refractivity contribution in [1.29, 1.82) is 0 Å². The molecule has 1 aliphatic heterocycles. The van der Waals surface area contributed by atoms with Crippen molar-refractivity contribution in [3.8, 4) is 5.88 Å². The average Bonchev–Trinajstić information content (AvgIpc) is 3.13. The van der Waals surface area contributed by atoms with Gasteiger partial charge in [0.2, 0.25) is 5.88 Å². The summed E-state index contributed by atoms with van der Waals surface area (Å²) in [6, 6.07) is 2.11. The van der Waals surface area contributed by atoms with Crippen molar-refractivity contribution in [2.24, 2.45) is 0 Å². The Labute approximate surface area is 119 Å². The molecule has 1 saturated heterocycles. The summed E-state index contributed by atoms with van der Waals surface area (Å²) in [6.07, 6.45) is 6.23. The number of pyridine rings is 1. The van der Waals surface area contributed by atoms with Gasteiger partial charge in [-0.05, 0) is 44.8 Å². The van der Waals surface area contributed by atoms with Gasteiger partial charge in [0.25, 0.3) is 0 Å². The standard InChI is InChI=1S/C15H22FN3O/c16-13-9-12(10-17-14-3-4-14)15(18-11-13)20-8-7-19-5-1-2-6-19/h9,11,14,17H,1-8,10H2. The smallest absolute Gasteiger partial charge is 0.218 e. The first kappa shape index (κ1) is 13.8. The molecule has 4 nitrogen and oxygen atoms in total. The van der Waals surface area contributed by atoms with Crippen LogP contribution < -0.4 is 10.1 Å². The Bertz CT molecular complexity index is 445. The number of nitrogens with one attached hydrogen (secondary N) is 1. The molecule has 0 bridgehead atoms. The van der Waals surface area contributed by atoms with Crippen LogP contribution in [0.3, 0.4) is 0 Å². The summed E-state index contributed by atoms with van der Waals surface area (Å²) in [5.41, 5.74) is 0.818. The van der Waals surface area contributed by atoms with Crippen LogP contribution in [0.4, 0.5) is 4.39 Å². The molecule has 0 spiro atoms. The van der Waals surface area contributed by atoms with E-state index in [-0.39, 0.29) is 5.82 Å². The Hall–Kier alpha value is -1.20. The molecule has 0 aromatic carbocycles. The van der Waals surface area contributed by atoms with Crippen LogP contribution in [0.2, 0.25) is 0 Å². The quantitative estimate of drug-likeness (QED) is 0.828. The Morgan fingerprint density at radius 3 is 2.90 bits per heavy atom. The maximum absolute atomic E-state index is 13.3. The topological polar surface area (TPSA) is 37.4 Å². The maximum atomic E-state index is 13.3. The van der Waals surface area contributed by atoms with Crippen molar-refractivity contribution in [1.82, 2.24) is 15.2 Å². The first-order chi connectivity index (χ1) is 9.81. The van der Waals surface area contributed by atoms with Crippen LogP contribution in [0.25, 0.3) is 0 Å². The number of likely N-dealkylation sites (tertiary alicyclic amines) is 1. The molecule has 20 heavy (non-hydrogen) atoms. The number of hydrogen-bond acceptors (Lipinski definition) is 4. The summed E-state index contributed by atoms with van der Waals surface area (Å²) >= 11 is 0. The highest BCUT2D eigenvalue weighted by atomic mass is 19.1. The van der Waals surface area contributed by atoms with Crippen LogP contribution >= 0.6 is 0 Å². The van der Waals surface area contributed by atoms with E-state index in [2.05, 4.69) is 15.2 Å². The van der Waals surface area contributed by atoms with E-state index in [1.165, 1.54) is 37.9 Å². The second-order valence-corrected chi connectivity index (χ2v) is 5.67. The number of nitrogens with zero attached hydrogens (tertiary/aromatic N) is 2. The van der Waals surface area contributed by atoms with Gasteiger partial charge in [0, 0.05) is 24.7 Å². The van der Waals surface area contributed by atoms with E-state index >= 15 is 0 Å². The minimum absolute atomic E-state index is 0.301. The molecule has 3 rings (SSSR count). The van der Waals surface area contributed by atoms with E-state index < -0.39 is 0 Å². The molecule has 1 aromatic rings. The summed E-state index contributed by atoms with van der Waals surface area (Å²) in [5, 5.41) is 3.37. The number of hydrogen-bond donors (Lipinski definition) is 1. The van der Waals surface area contributed by atoms with Crippen LogP contribution in [-0.2, 0) is 6.54 Å². The zero-order valence-electron chi connectivity index (χ0n) is 11.8. The predicted octanol–water partition coefficient (Wildman–Crippen LogP) is 1.95. The number of ether oxygens (including phenoxy) is 1. The van der Waals surface area contributed by atoms with Crippen molar-refractivity contribution in [2.45, 2.75) is 38.3 Å². The van der Waals surface area contributed by atoms with Crippen molar-refractivity contribution < 1.29 is 9.13 Å². The van der Waals surface area contributed by atoms with Gasteiger partial charge in [0.15, 0.2) is 0 Å². The van der Waals surface area contributed by atoms with Gasteiger partial charge in [-0.3, -0.25) is 4.90 Å². The normalized spacial score (nSPS) is 19.4. The fourth-order valence-electron chi connectivity index (χ4n) is 2.54. The van der Waals surface area contributed by atoms with Crippen molar-refractivity contribution in [2.75, 3.05) is 26.2 Å². The summed E-state index contributed by atoms with van der Waals surface area (Å²) in [4.78, 5) is 6.48.